The molecular formula is C23H20ClF2NO7S. The second kappa shape index (κ2) is 10.9. The van der Waals surface area contributed by atoms with Crippen molar-refractivity contribution in [3.8, 4) is 22.6 Å². The molecule has 0 heterocycles. The van der Waals surface area contributed by atoms with E-state index in [-0.39, 0.29) is 46.4 Å². The van der Waals surface area contributed by atoms with Gasteiger partial charge in [-0.2, -0.15) is 0 Å². The lowest BCUT2D eigenvalue weighted by Crippen LogP contribution is -2.17. The van der Waals surface area contributed by atoms with Crippen molar-refractivity contribution in [1.29, 1.82) is 0 Å². The number of carbonyl (C=O) groups is 1. The molecule has 0 bridgehead atoms. The fourth-order valence-electron chi connectivity index (χ4n) is 3.21. The van der Waals surface area contributed by atoms with E-state index >= 15 is 0 Å². The molecule has 0 spiro atoms. The summed E-state index contributed by atoms with van der Waals surface area (Å²) in [5.41, 5.74) is -0.730. The van der Waals surface area contributed by atoms with E-state index in [1.807, 2.05) is 4.72 Å². The third-order valence-corrected chi connectivity index (χ3v) is 6.40. The molecule has 0 fully saturated rings. The maximum atomic E-state index is 14.7. The van der Waals surface area contributed by atoms with E-state index in [1.165, 1.54) is 12.1 Å². The third-order valence-electron chi connectivity index (χ3n) is 4.75. The molecule has 35 heavy (non-hydrogen) atoms. The minimum Gasteiger partial charge on any atom is -0.494 e. The van der Waals surface area contributed by atoms with Gasteiger partial charge in [0.25, 0.3) is 10.0 Å². The largest absolute Gasteiger partial charge is 0.494 e. The topological polar surface area (TPSA) is 111 Å². The zero-order valence-corrected chi connectivity index (χ0v) is 20.0. The van der Waals surface area contributed by atoms with Crippen molar-refractivity contribution in [3.63, 3.8) is 0 Å². The second-order valence-electron chi connectivity index (χ2n) is 6.97. The molecular weight excluding hydrogens is 508 g/mol. The van der Waals surface area contributed by atoms with Crippen LogP contribution in [0.5, 0.6) is 11.5 Å². The minimum absolute atomic E-state index is 0.0730. The molecule has 2 N–H and O–H groups in total. The Hall–Kier alpha value is -3.41. The molecule has 0 atom stereocenters. The highest BCUT2D eigenvalue weighted by Crippen LogP contribution is 2.37. The number of para-hydroxylation sites is 1. The average Bonchev–Trinajstić information content (AvgIpc) is 2.83. The number of nitrogens with one attached hydrogen (secondary N) is 1. The Balaban J connectivity index is 2.11. The summed E-state index contributed by atoms with van der Waals surface area (Å²) in [6.07, 6.45) is 0. The number of anilines is 1. The predicted molar refractivity (Wildman–Crippen MR) is 125 cm³/mol. The van der Waals surface area contributed by atoms with Gasteiger partial charge in [0.15, 0.2) is 5.75 Å². The van der Waals surface area contributed by atoms with Crippen LogP contribution >= 0.6 is 11.6 Å². The van der Waals surface area contributed by atoms with Crippen LogP contribution in [0.1, 0.15) is 10.4 Å². The average molecular weight is 528 g/mol. The van der Waals surface area contributed by atoms with Gasteiger partial charge in [-0.25, -0.2) is 22.0 Å². The first-order valence-corrected chi connectivity index (χ1v) is 11.8. The van der Waals surface area contributed by atoms with Crippen molar-refractivity contribution in [3.05, 3.63) is 70.8 Å². The number of sulfonamides is 1. The molecule has 0 aliphatic rings. The Labute approximate surface area is 205 Å². The van der Waals surface area contributed by atoms with E-state index in [0.717, 1.165) is 32.4 Å². The van der Waals surface area contributed by atoms with Crippen molar-refractivity contribution >= 4 is 33.3 Å². The number of methoxy groups -OCH3 is 2. The maximum Gasteiger partial charge on any atom is 0.337 e. The first-order valence-electron chi connectivity index (χ1n) is 9.93. The lowest BCUT2D eigenvalue weighted by atomic mass is 10.0. The molecule has 0 amide bonds. The van der Waals surface area contributed by atoms with Crippen molar-refractivity contribution < 1.29 is 41.3 Å². The number of esters is 1. The number of halogens is 3. The summed E-state index contributed by atoms with van der Waals surface area (Å²) < 4.78 is 72.8. The smallest absolute Gasteiger partial charge is 0.337 e. The minimum atomic E-state index is -4.60. The quantitative estimate of drug-likeness (QED) is 0.400. The number of benzene rings is 3. The van der Waals surface area contributed by atoms with Crippen LogP contribution in [0.25, 0.3) is 11.1 Å². The molecule has 0 radical (unpaired) electrons. The van der Waals surface area contributed by atoms with E-state index in [0.29, 0.717) is 6.07 Å². The number of aliphatic hydroxyl groups is 1. The van der Waals surface area contributed by atoms with E-state index in [1.54, 1.807) is 12.1 Å². The number of ether oxygens (including phenoxy) is 3. The van der Waals surface area contributed by atoms with Gasteiger partial charge in [-0.15, -0.1) is 0 Å². The van der Waals surface area contributed by atoms with E-state index in [2.05, 4.69) is 4.74 Å². The molecule has 0 unspecified atom stereocenters. The van der Waals surface area contributed by atoms with Crippen molar-refractivity contribution in [2.75, 3.05) is 32.2 Å². The number of hydrogen-bond acceptors (Lipinski definition) is 7. The Morgan fingerprint density at radius 3 is 2.43 bits per heavy atom. The number of carbonyl (C=O) groups excluding carboxylic acids is 1. The van der Waals surface area contributed by atoms with Crippen LogP contribution in [0.15, 0.2) is 53.4 Å². The number of rotatable bonds is 9. The summed E-state index contributed by atoms with van der Waals surface area (Å²) in [5.74, 6) is -3.13. The zero-order chi connectivity index (χ0) is 25.8. The van der Waals surface area contributed by atoms with Crippen molar-refractivity contribution in [2.24, 2.45) is 0 Å². The monoisotopic (exact) mass is 527 g/mol. The van der Waals surface area contributed by atoms with Gasteiger partial charge in [-0.1, -0.05) is 29.8 Å². The standard InChI is InChI=1S/C23H20ClF2NO7S/c1-32-22-16(24)9-13(23(29)33-2)10-21(22)35(30,31)27-19-11-15(17(25)12-18(19)26)14-5-3-4-6-20(14)34-8-7-28/h3-6,9-12,27-28H,7-8H2,1-2H3. The van der Waals surface area contributed by atoms with E-state index in [9.17, 15) is 22.0 Å². The molecule has 3 aromatic rings. The normalized spacial score (nSPS) is 11.1. The summed E-state index contributed by atoms with van der Waals surface area (Å²) in [6, 6.07) is 9.80. The Bertz CT molecular complexity index is 1370. The lowest BCUT2D eigenvalue weighted by molar-refractivity contribution is 0.0600. The van der Waals surface area contributed by atoms with Gasteiger partial charge in [0, 0.05) is 17.2 Å². The summed E-state index contributed by atoms with van der Waals surface area (Å²) in [7, 11) is -2.33. The van der Waals surface area contributed by atoms with Crippen LogP contribution in [0.2, 0.25) is 5.02 Å². The molecule has 0 aliphatic heterocycles. The SMILES string of the molecule is COC(=O)c1cc(Cl)c(OC)c(S(=O)(=O)Nc2cc(-c3ccccc3OCCO)c(F)cc2F)c1. The van der Waals surface area contributed by atoms with Crippen LogP contribution in [0.4, 0.5) is 14.5 Å². The molecule has 0 aliphatic carbocycles. The van der Waals surface area contributed by atoms with Gasteiger partial charge in [0.1, 0.15) is 28.9 Å². The lowest BCUT2D eigenvalue weighted by Gasteiger charge is -2.16. The molecule has 0 saturated heterocycles. The van der Waals surface area contributed by atoms with Crippen LogP contribution < -0.4 is 14.2 Å². The highest BCUT2D eigenvalue weighted by molar-refractivity contribution is 7.92. The zero-order valence-electron chi connectivity index (χ0n) is 18.5. The first-order chi connectivity index (χ1) is 16.6. The van der Waals surface area contributed by atoms with E-state index in [4.69, 9.17) is 26.2 Å². The fourth-order valence-corrected chi connectivity index (χ4v) is 4.83. The highest BCUT2D eigenvalue weighted by Gasteiger charge is 2.27. The maximum absolute atomic E-state index is 14.7. The second-order valence-corrected chi connectivity index (χ2v) is 9.02. The molecule has 3 rings (SSSR count). The third kappa shape index (κ3) is 5.64. The Morgan fingerprint density at radius 1 is 1.06 bits per heavy atom. The van der Waals surface area contributed by atoms with Gasteiger partial charge in [-0.05, 0) is 24.3 Å². The Kier molecular flexibility index (Phi) is 8.15. The predicted octanol–water partition coefficient (Wildman–Crippen LogP) is 4.25. The van der Waals surface area contributed by atoms with Crippen LogP contribution in [-0.4, -0.2) is 46.9 Å². The van der Waals surface area contributed by atoms with E-state index < -0.39 is 38.2 Å². The van der Waals surface area contributed by atoms with Crippen LogP contribution in [-0.2, 0) is 14.8 Å². The van der Waals surface area contributed by atoms with Gasteiger partial charge in [0.2, 0.25) is 0 Å². The summed E-state index contributed by atoms with van der Waals surface area (Å²) >= 11 is 6.08. The molecule has 12 heteroatoms. The molecule has 0 aromatic heterocycles. The summed E-state index contributed by atoms with van der Waals surface area (Å²) in [5, 5.41) is 8.82. The summed E-state index contributed by atoms with van der Waals surface area (Å²) in [6.45, 7) is -0.364. The first kappa shape index (κ1) is 26.2. The number of hydrogen-bond donors (Lipinski definition) is 2. The van der Waals surface area contributed by atoms with Crippen LogP contribution in [0, 0.1) is 11.6 Å². The molecule has 186 valence electrons. The van der Waals surface area contributed by atoms with Crippen molar-refractivity contribution in [2.45, 2.75) is 4.90 Å². The van der Waals surface area contributed by atoms with Gasteiger partial charge in [-0.3, -0.25) is 4.72 Å². The van der Waals surface area contributed by atoms with Gasteiger partial charge < -0.3 is 19.3 Å². The van der Waals surface area contributed by atoms with Crippen molar-refractivity contribution in [1.82, 2.24) is 0 Å². The van der Waals surface area contributed by atoms with Crippen LogP contribution in [0.3, 0.4) is 0 Å². The fraction of sp³-hybridized carbons (Fsp3) is 0.174. The van der Waals surface area contributed by atoms with Gasteiger partial charge in [0.05, 0.1) is 37.1 Å². The Morgan fingerprint density at radius 2 is 1.77 bits per heavy atom. The highest BCUT2D eigenvalue weighted by atomic mass is 35.5. The molecule has 3 aromatic carbocycles. The van der Waals surface area contributed by atoms with Gasteiger partial charge >= 0.3 is 5.97 Å². The molecule has 0 saturated carbocycles. The summed E-state index contributed by atoms with van der Waals surface area (Å²) in [4.78, 5) is 11.4. The number of aliphatic hydroxyl groups excluding tert-OH is 1. The molecule has 8 nitrogen and oxygen atoms in total.